The zero-order valence-electron chi connectivity index (χ0n) is 17.1. The number of rotatable bonds is 5. The van der Waals surface area contributed by atoms with E-state index in [4.69, 9.17) is 0 Å². The second-order valence-electron chi connectivity index (χ2n) is 7.59. The van der Waals surface area contributed by atoms with Gasteiger partial charge in [0.2, 0.25) is 0 Å². The summed E-state index contributed by atoms with van der Waals surface area (Å²) in [4.78, 5) is 20.4. The number of nitrogens with one attached hydrogen (secondary N) is 1. The van der Waals surface area contributed by atoms with E-state index < -0.39 is 0 Å². The molecule has 1 saturated heterocycles. The van der Waals surface area contributed by atoms with E-state index in [1.165, 1.54) is 12.0 Å². The first-order chi connectivity index (χ1) is 13.6. The van der Waals surface area contributed by atoms with Crippen LogP contribution >= 0.6 is 0 Å². The molecule has 2 aromatic carbocycles. The number of hydrogen-bond donors (Lipinski definition) is 1. The molecule has 28 heavy (non-hydrogen) atoms. The molecule has 5 heteroatoms. The molecule has 5 nitrogen and oxygen atoms in total. The fraction of sp³-hybridized carbons (Fsp3) is 0.391. The summed E-state index contributed by atoms with van der Waals surface area (Å²) >= 11 is 0. The lowest BCUT2D eigenvalue weighted by molar-refractivity contribution is 0.0827. The lowest BCUT2D eigenvalue weighted by Crippen LogP contribution is -2.39. The van der Waals surface area contributed by atoms with Crippen molar-refractivity contribution in [1.82, 2.24) is 15.1 Å². The number of guanidine groups is 1. The molecule has 1 heterocycles. The predicted octanol–water partition coefficient (Wildman–Crippen LogP) is 3.03. The third kappa shape index (κ3) is 5.12. The Balaban J connectivity index is 1.52. The fourth-order valence-electron chi connectivity index (χ4n) is 3.68. The quantitative estimate of drug-likeness (QED) is 0.643. The average Bonchev–Trinajstić information content (AvgIpc) is 3.17. The summed E-state index contributed by atoms with van der Waals surface area (Å²) < 4.78 is 0. The van der Waals surface area contributed by atoms with Crippen LogP contribution in [0.5, 0.6) is 0 Å². The van der Waals surface area contributed by atoms with E-state index in [0.717, 1.165) is 31.0 Å². The van der Waals surface area contributed by atoms with E-state index in [9.17, 15) is 4.79 Å². The number of likely N-dealkylation sites (tertiary alicyclic amines) is 1. The molecule has 1 atom stereocenters. The van der Waals surface area contributed by atoms with E-state index in [1.807, 2.05) is 31.3 Å². The van der Waals surface area contributed by atoms with Gasteiger partial charge in [-0.05, 0) is 42.0 Å². The van der Waals surface area contributed by atoms with Gasteiger partial charge in [0.15, 0.2) is 5.96 Å². The van der Waals surface area contributed by atoms with Crippen LogP contribution in [0.3, 0.4) is 0 Å². The summed E-state index contributed by atoms with van der Waals surface area (Å²) in [5, 5.41) is 3.46. The molecule has 0 radical (unpaired) electrons. The lowest BCUT2D eigenvalue weighted by Gasteiger charge is -2.22. The Bertz CT molecular complexity index is 799. The Morgan fingerprint density at radius 1 is 1.11 bits per heavy atom. The van der Waals surface area contributed by atoms with Crippen molar-refractivity contribution in [3.05, 3.63) is 71.3 Å². The van der Waals surface area contributed by atoms with Crippen molar-refractivity contribution in [2.45, 2.75) is 19.4 Å². The van der Waals surface area contributed by atoms with Crippen molar-refractivity contribution in [1.29, 1.82) is 0 Å². The van der Waals surface area contributed by atoms with E-state index >= 15 is 0 Å². The molecule has 1 amide bonds. The Labute approximate surface area is 168 Å². The Morgan fingerprint density at radius 3 is 2.46 bits per heavy atom. The summed E-state index contributed by atoms with van der Waals surface area (Å²) in [5.74, 6) is 1.64. The van der Waals surface area contributed by atoms with Gasteiger partial charge < -0.3 is 15.1 Å². The van der Waals surface area contributed by atoms with Gasteiger partial charge in [-0.25, -0.2) is 0 Å². The van der Waals surface area contributed by atoms with Crippen molar-refractivity contribution in [3.8, 4) is 0 Å². The molecule has 0 aliphatic carbocycles. The molecular formula is C23H30N4O. The fourth-order valence-corrected chi connectivity index (χ4v) is 3.68. The summed E-state index contributed by atoms with van der Waals surface area (Å²) in [6.07, 6.45) is 2.31. The molecule has 0 bridgehead atoms. The second-order valence-corrected chi connectivity index (χ2v) is 7.59. The summed E-state index contributed by atoms with van der Waals surface area (Å²) in [5.41, 5.74) is 3.25. The van der Waals surface area contributed by atoms with Crippen LogP contribution in [0.4, 0.5) is 0 Å². The molecule has 1 aliphatic rings. The number of amides is 1. The maximum Gasteiger partial charge on any atom is 0.253 e. The molecule has 0 spiro atoms. The molecule has 1 fully saturated rings. The summed E-state index contributed by atoms with van der Waals surface area (Å²) in [7, 11) is 5.37. The summed E-state index contributed by atoms with van der Waals surface area (Å²) in [6.45, 7) is 2.77. The van der Waals surface area contributed by atoms with Gasteiger partial charge in [0.25, 0.3) is 5.91 Å². The van der Waals surface area contributed by atoms with Crippen LogP contribution in [0.15, 0.2) is 59.6 Å². The normalized spacial score (nSPS) is 16.9. The van der Waals surface area contributed by atoms with Crippen LogP contribution < -0.4 is 5.32 Å². The molecule has 1 aliphatic heterocycles. The maximum atomic E-state index is 12.0. The van der Waals surface area contributed by atoms with Crippen LogP contribution in [-0.2, 0) is 13.0 Å². The smallest absolute Gasteiger partial charge is 0.253 e. The van der Waals surface area contributed by atoms with Gasteiger partial charge >= 0.3 is 0 Å². The van der Waals surface area contributed by atoms with Crippen LogP contribution in [0.1, 0.15) is 27.9 Å². The van der Waals surface area contributed by atoms with Crippen molar-refractivity contribution in [3.63, 3.8) is 0 Å². The highest BCUT2D eigenvalue weighted by atomic mass is 16.2. The number of carbonyl (C=O) groups excluding carboxylic acids is 1. The zero-order chi connectivity index (χ0) is 19.9. The Kier molecular flexibility index (Phi) is 6.69. The summed E-state index contributed by atoms with van der Waals surface area (Å²) in [6, 6.07) is 18.5. The molecule has 1 unspecified atom stereocenters. The predicted molar refractivity (Wildman–Crippen MR) is 114 cm³/mol. The standard InChI is InChI=1S/C23H30N4O/c1-24-23(25-16-19-9-11-21(12-10-19)22(28)26(2)3)27-14-13-20(17-27)15-18-7-5-4-6-8-18/h4-12,20H,13-17H2,1-3H3,(H,24,25). The highest BCUT2D eigenvalue weighted by molar-refractivity contribution is 5.93. The van der Waals surface area contributed by atoms with E-state index in [2.05, 4.69) is 45.5 Å². The maximum absolute atomic E-state index is 12.0. The van der Waals surface area contributed by atoms with Gasteiger partial charge in [-0.15, -0.1) is 0 Å². The van der Waals surface area contributed by atoms with E-state index in [0.29, 0.717) is 18.0 Å². The minimum atomic E-state index is 0.0249. The topological polar surface area (TPSA) is 47.9 Å². The molecule has 2 aromatic rings. The minimum absolute atomic E-state index is 0.0249. The molecular weight excluding hydrogens is 348 g/mol. The lowest BCUT2D eigenvalue weighted by atomic mass is 9.99. The van der Waals surface area contributed by atoms with Crippen LogP contribution in [0.2, 0.25) is 0 Å². The Morgan fingerprint density at radius 2 is 1.82 bits per heavy atom. The number of carbonyl (C=O) groups is 1. The van der Waals surface area contributed by atoms with Crippen LogP contribution in [0, 0.1) is 5.92 Å². The van der Waals surface area contributed by atoms with Crippen molar-refractivity contribution in [2.75, 3.05) is 34.2 Å². The third-order valence-electron chi connectivity index (χ3n) is 5.22. The monoisotopic (exact) mass is 378 g/mol. The average molecular weight is 379 g/mol. The van der Waals surface area contributed by atoms with Gasteiger partial charge in [-0.3, -0.25) is 9.79 Å². The number of nitrogens with zero attached hydrogens (tertiary/aromatic N) is 3. The minimum Gasteiger partial charge on any atom is -0.352 e. The second kappa shape index (κ2) is 9.40. The number of hydrogen-bond acceptors (Lipinski definition) is 2. The first-order valence-corrected chi connectivity index (χ1v) is 9.87. The van der Waals surface area contributed by atoms with Crippen LogP contribution in [-0.4, -0.2) is 55.9 Å². The van der Waals surface area contributed by atoms with Crippen molar-refractivity contribution in [2.24, 2.45) is 10.9 Å². The zero-order valence-corrected chi connectivity index (χ0v) is 17.1. The molecule has 148 valence electrons. The number of aliphatic imine (C=N–C) groups is 1. The molecule has 3 rings (SSSR count). The van der Waals surface area contributed by atoms with E-state index in [1.54, 1.807) is 19.0 Å². The molecule has 0 saturated carbocycles. The van der Waals surface area contributed by atoms with Gasteiger partial charge in [0.05, 0.1) is 0 Å². The number of benzene rings is 2. The first kappa shape index (κ1) is 19.9. The van der Waals surface area contributed by atoms with Gasteiger partial charge in [-0.1, -0.05) is 42.5 Å². The van der Waals surface area contributed by atoms with Crippen molar-refractivity contribution < 1.29 is 4.79 Å². The Hall–Kier alpha value is -2.82. The van der Waals surface area contributed by atoms with Crippen LogP contribution in [0.25, 0.3) is 0 Å². The highest BCUT2D eigenvalue weighted by Gasteiger charge is 2.24. The van der Waals surface area contributed by atoms with E-state index in [-0.39, 0.29) is 5.91 Å². The molecule has 1 N–H and O–H groups in total. The largest absolute Gasteiger partial charge is 0.352 e. The van der Waals surface area contributed by atoms with Crippen molar-refractivity contribution >= 4 is 11.9 Å². The van der Waals surface area contributed by atoms with Gasteiger partial charge in [0, 0.05) is 46.3 Å². The van der Waals surface area contributed by atoms with Gasteiger partial charge in [0.1, 0.15) is 0 Å². The molecule has 0 aromatic heterocycles. The van der Waals surface area contributed by atoms with Gasteiger partial charge in [-0.2, -0.15) is 0 Å². The SMILES string of the molecule is CN=C(NCc1ccc(C(=O)N(C)C)cc1)N1CCC(Cc2ccccc2)C1. The highest BCUT2D eigenvalue weighted by Crippen LogP contribution is 2.21. The third-order valence-corrected chi connectivity index (χ3v) is 5.22. The first-order valence-electron chi connectivity index (χ1n) is 9.87.